The monoisotopic (exact) mass is 335 g/mol. The highest BCUT2D eigenvalue weighted by Gasteiger charge is 2.27. The molecule has 134 valence electrons. The second kappa shape index (κ2) is 7.55. The molecule has 0 atom stereocenters. The summed E-state index contributed by atoms with van der Waals surface area (Å²) in [5.74, 6) is 0.342. The fourth-order valence-electron chi connectivity index (χ4n) is 2.92. The Bertz CT molecular complexity index is 604. The molecule has 1 aromatic rings. The lowest BCUT2D eigenvalue weighted by atomic mass is 9.82. The van der Waals surface area contributed by atoms with Crippen LogP contribution in [0.25, 0.3) is 0 Å². The molecule has 0 aliphatic carbocycles. The molecule has 0 unspecified atom stereocenters. The highest BCUT2D eigenvalue weighted by molar-refractivity contribution is 5.94. The second-order valence-corrected chi connectivity index (χ2v) is 7.80. The van der Waals surface area contributed by atoms with Crippen LogP contribution in [0.15, 0.2) is 18.2 Å². The number of methoxy groups -OCH3 is 1. The Morgan fingerprint density at radius 3 is 2.21 bits per heavy atom. The number of carbonyl (C=O) groups is 2. The van der Waals surface area contributed by atoms with Crippen LogP contribution in [0.4, 0.5) is 16.2 Å². The van der Waals surface area contributed by atoms with Gasteiger partial charge in [-0.05, 0) is 43.9 Å². The smallest absolute Gasteiger partial charge is 0.319 e. The molecular formula is C18H29N3O3. The third-order valence-electron chi connectivity index (χ3n) is 3.19. The van der Waals surface area contributed by atoms with E-state index in [0.29, 0.717) is 17.1 Å². The summed E-state index contributed by atoms with van der Waals surface area (Å²) in [5.41, 5.74) is 0.824. The van der Waals surface area contributed by atoms with Gasteiger partial charge in [0.15, 0.2) is 0 Å². The molecule has 1 rings (SSSR count). The molecule has 0 radical (unpaired) electrons. The minimum Gasteiger partial charge on any atom is -0.495 e. The number of ether oxygens (including phenoxy) is 1. The first-order chi connectivity index (χ1) is 10.9. The summed E-state index contributed by atoms with van der Waals surface area (Å²) >= 11 is 0. The Balaban J connectivity index is 2.87. The third-order valence-corrected chi connectivity index (χ3v) is 3.19. The Kier molecular flexibility index (Phi) is 6.23. The van der Waals surface area contributed by atoms with Gasteiger partial charge in [-0.25, -0.2) is 4.79 Å². The van der Waals surface area contributed by atoms with E-state index in [0.717, 1.165) is 6.42 Å². The molecule has 0 spiro atoms. The molecule has 3 amide bonds. The molecule has 0 saturated heterocycles. The van der Waals surface area contributed by atoms with E-state index in [1.807, 2.05) is 13.8 Å². The molecule has 0 aliphatic rings. The van der Waals surface area contributed by atoms with Gasteiger partial charge in [0.2, 0.25) is 5.91 Å². The maximum atomic E-state index is 12.4. The van der Waals surface area contributed by atoms with Gasteiger partial charge in [0.05, 0.1) is 12.8 Å². The Morgan fingerprint density at radius 2 is 1.71 bits per heavy atom. The first-order valence-corrected chi connectivity index (χ1v) is 7.97. The van der Waals surface area contributed by atoms with Gasteiger partial charge >= 0.3 is 6.03 Å². The van der Waals surface area contributed by atoms with Crippen molar-refractivity contribution in [3.8, 4) is 5.75 Å². The van der Waals surface area contributed by atoms with E-state index in [1.165, 1.54) is 14.0 Å². The lowest BCUT2D eigenvalue weighted by Crippen LogP contribution is -2.47. The number of hydrogen-bond donors (Lipinski definition) is 3. The summed E-state index contributed by atoms with van der Waals surface area (Å²) in [6, 6.07) is 4.76. The van der Waals surface area contributed by atoms with E-state index in [2.05, 4.69) is 36.7 Å². The van der Waals surface area contributed by atoms with Gasteiger partial charge in [0, 0.05) is 18.2 Å². The van der Waals surface area contributed by atoms with Gasteiger partial charge in [0.1, 0.15) is 5.75 Å². The zero-order chi connectivity index (χ0) is 18.5. The first-order valence-electron chi connectivity index (χ1n) is 7.97. The lowest BCUT2D eigenvalue weighted by Gasteiger charge is -2.33. The summed E-state index contributed by atoms with van der Waals surface area (Å²) in [4.78, 5) is 23.5. The zero-order valence-corrected chi connectivity index (χ0v) is 15.7. The van der Waals surface area contributed by atoms with Crippen molar-refractivity contribution in [2.45, 2.75) is 53.5 Å². The molecular weight excluding hydrogens is 306 g/mol. The van der Waals surface area contributed by atoms with Crippen LogP contribution in [-0.4, -0.2) is 24.6 Å². The van der Waals surface area contributed by atoms with Crippen LogP contribution >= 0.6 is 0 Å². The van der Waals surface area contributed by atoms with E-state index in [1.54, 1.807) is 18.2 Å². The number of urea groups is 1. The molecule has 6 nitrogen and oxygen atoms in total. The number of nitrogens with one attached hydrogen (secondary N) is 3. The normalized spacial score (nSPS) is 11.6. The maximum Gasteiger partial charge on any atom is 0.319 e. The molecule has 1 aromatic carbocycles. The van der Waals surface area contributed by atoms with Crippen molar-refractivity contribution < 1.29 is 14.3 Å². The van der Waals surface area contributed by atoms with Crippen LogP contribution < -0.4 is 20.7 Å². The lowest BCUT2D eigenvalue weighted by molar-refractivity contribution is -0.114. The van der Waals surface area contributed by atoms with Crippen LogP contribution in [0.2, 0.25) is 0 Å². The average molecular weight is 335 g/mol. The highest BCUT2D eigenvalue weighted by atomic mass is 16.5. The van der Waals surface area contributed by atoms with Gasteiger partial charge in [-0.1, -0.05) is 20.8 Å². The van der Waals surface area contributed by atoms with E-state index >= 15 is 0 Å². The van der Waals surface area contributed by atoms with Crippen LogP contribution in [0.5, 0.6) is 5.75 Å². The zero-order valence-electron chi connectivity index (χ0n) is 15.7. The fraction of sp³-hybridized carbons (Fsp3) is 0.556. The van der Waals surface area contributed by atoms with Gasteiger partial charge in [-0.2, -0.15) is 0 Å². The first kappa shape index (κ1) is 19.8. The minimum atomic E-state index is -0.356. The summed E-state index contributed by atoms with van der Waals surface area (Å²) in [7, 11) is 1.53. The third kappa shape index (κ3) is 6.89. The van der Waals surface area contributed by atoms with E-state index in [-0.39, 0.29) is 22.9 Å². The van der Waals surface area contributed by atoms with Crippen molar-refractivity contribution in [3.63, 3.8) is 0 Å². The van der Waals surface area contributed by atoms with E-state index < -0.39 is 0 Å². The quantitative estimate of drug-likeness (QED) is 0.761. The van der Waals surface area contributed by atoms with Crippen molar-refractivity contribution in [2.75, 3.05) is 17.7 Å². The minimum absolute atomic E-state index is 0.0970. The van der Waals surface area contributed by atoms with Crippen molar-refractivity contribution in [2.24, 2.45) is 5.41 Å². The maximum absolute atomic E-state index is 12.4. The SMILES string of the molecule is COc1ccc(NC(C)=O)cc1NC(=O)NC(C)(C)CC(C)(C)C. The van der Waals surface area contributed by atoms with Crippen LogP contribution in [0, 0.1) is 5.41 Å². The topological polar surface area (TPSA) is 79.5 Å². The number of anilines is 2. The van der Waals surface area contributed by atoms with Crippen LogP contribution in [0.3, 0.4) is 0 Å². The summed E-state index contributed by atoms with van der Waals surface area (Å²) in [6.45, 7) is 11.8. The second-order valence-electron chi connectivity index (χ2n) is 7.80. The molecule has 24 heavy (non-hydrogen) atoms. The molecule has 0 aliphatic heterocycles. The largest absolute Gasteiger partial charge is 0.495 e. The summed E-state index contributed by atoms with van der Waals surface area (Å²) in [6.07, 6.45) is 0.830. The highest BCUT2D eigenvalue weighted by Crippen LogP contribution is 2.29. The van der Waals surface area contributed by atoms with E-state index in [9.17, 15) is 9.59 Å². The van der Waals surface area contributed by atoms with Crippen molar-refractivity contribution in [1.82, 2.24) is 5.32 Å². The van der Waals surface area contributed by atoms with Crippen LogP contribution in [-0.2, 0) is 4.79 Å². The van der Waals surface area contributed by atoms with Crippen molar-refractivity contribution >= 4 is 23.3 Å². The van der Waals surface area contributed by atoms with Crippen LogP contribution in [0.1, 0.15) is 48.0 Å². The summed E-state index contributed by atoms with van der Waals surface area (Å²) < 4.78 is 5.26. The van der Waals surface area contributed by atoms with Gasteiger partial charge in [-0.15, -0.1) is 0 Å². The van der Waals surface area contributed by atoms with Crippen molar-refractivity contribution in [1.29, 1.82) is 0 Å². The Hall–Kier alpha value is -2.24. The number of rotatable bonds is 5. The summed E-state index contributed by atoms with van der Waals surface area (Å²) in [5, 5.41) is 8.45. The van der Waals surface area contributed by atoms with Gasteiger partial charge < -0.3 is 20.7 Å². The average Bonchev–Trinajstić information content (AvgIpc) is 2.34. The Morgan fingerprint density at radius 1 is 1.08 bits per heavy atom. The predicted molar refractivity (Wildman–Crippen MR) is 97.6 cm³/mol. The predicted octanol–water partition coefficient (Wildman–Crippen LogP) is 3.99. The number of benzene rings is 1. The van der Waals surface area contributed by atoms with Gasteiger partial charge in [-0.3, -0.25) is 4.79 Å². The molecule has 3 N–H and O–H groups in total. The molecule has 0 fully saturated rings. The number of carbonyl (C=O) groups excluding carboxylic acids is 2. The molecule has 0 aromatic heterocycles. The Labute approximate surface area is 144 Å². The molecule has 0 bridgehead atoms. The molecule has 0 saturated carbocycles. The standard InChI is InChI=1S/C18H29N3O3/c1-12(22)19-13-8-9-15(24-7)14(10-13)20-16(23)21-18(5,6)11-17(2,3)4/h8-10H,11H2,1-7H3,(H,19,22)(H2,20,21,23). The number of amides is 3. The van der Waals surface area contributed by atoms with Gasteiger partial charge in [0.25, 0.3) is 0 Å². The number of hydrogen-bond acceptors (Lipinski definition) is 3. The fourth-order valence-corrected chi connectivity index (χ4v) is 2.92. The molecule has 0 heterocycles. The molecule has 6 heteroatoms. The van der Waals surface area contributed by atoms with E-state index in [4.69, 9.17) is 4.74 Å². The van der Waals surface area contributed by atoms with Crippen molar-refractivity contribution in [3.05, 3.63) is 18.2 Å².